The second-order valence-corrected chi connectivity index (χ2v) is 9.09. The molecule has 5 rings (SSSR count). The maximum Gasteiger partial charge on any atom is 0.319 e. The molecule has 0 N–H and O–H groups in total. The number of aromatic nitrogens is 3. The van der Waals surface area contributed by atoms with E-state index in [0.717, 1.165) is 19.4 Å². The van der Waals surface area contributed by atoms with Crippen molar-refractivity contribution in [2.24, 2.45) is 5.92 Å². The normalized spacial score (nSPS) is 28.9. The predicted octanol–water partition coefficient (Wildman–Crippen LogP) is 3.24. The fraction of sp³-hybridized carbons (Fsp3) is 0.650. The first kappa shape index (κ1) is 19.9. The monoisotopic (exact) mass is 439 g/mol. The molecule has 2 aromatic rings. The van der Waals surface area contributed by atoms with Crippen LogP contribution >= 0.6 is 11.6 Å². The van der Waals surface area contributed by atoms with Gasteiger partial charge >= 0.3 is 6.01 Å². The van der Waals surface area contributed by atoms with Gasteiger partial charge in [-0.25, -0.2) is 8.78 Å². The highest BCUT2D eigenvalue weighted by Crippen LogP contribution is 2.41. The van der Waals surface area contributed by atoms with Crippen LogP contribution in [0.5, 0.6) is 11.9 Å². The van der Waals surface area contributed by atoms with Crippen LogP contribution in [0.25, 0.3) is 10.9 Å². The lowest BCUT2D eigenvalue weighted by atomic mass is 9.95. The first-order valence-electron chi connectivity index (χ1n) is 10.3. The number of halogens is 3. The van der Waals surface area contributed by atoms with Crippen molar-refractivity contribution >= 4 is 28.3 Å². The van der Waals surface area contributed by atoms with Crippen molar-refractivity contribution < 1.29 is 18.3 Å². The van der Waals surface area contributed by atoms with Gasteiger partial charge in [-0.15, -0.1) is 0 Å². The van der Waals surface area contributed by atoms with Crippen LogP contribution in [-0.4, -0.2) is 71.5 Å². The Morgan fingerprint density at radius 2 is 2.13 bits per heavy atom. The number of fused-ring (bicyclic) bond motifs is 1. The highest BCUT2D eigenvalue weighted by atomic mass is 35.5. The van der Waals surface area contributed by atoms with Crippen LogP contribution in [0.15, 0.2) is 0 Å². The molecule has 3 aliphatic rings. The molecule has 0 saturated carbocycles. The fourth-order valence-corrected chi connectivity index (χ4v) is 5.16. The van der Waals surface area contributed by atoms with Gasteiger partial charge in [-0.05, 0) is 19.4 Å². The van der Waals surface area contributed by atoms with Gasteiger partial charge in [0.2, 0.25) is 5.88 Å². The molecular weight excluding hydrogens is 416 g/mol. The number of rotatable bonds is 3. The number of anilines is 1. The van der Waals surface area contributed by atoms with Crippen LogP contribution in [0.2, 0.25) is 5.15 Å². The summed E-state index contributed by atoms with van der Waals surface area (Å²) in [6.45, 7) is 4.70. The van der Waals surface area contributed by atoms with Crippen molar-refractivity contribution in [3.8, 4) is 11.9 Å². The first-order valence-corrected chi connectivity index (χ1v) is 10.7. The van der Waals surface area contributed by atoms with Gasteiger partial charge in [-0.3, -0.25) is 4.90 Å². The Labute approximate surface area is 178 Å². The number of hydrogen-bond donors (Lipinski definition) is 0. The van der Waals surface area contributed by atoms with Crippen LogP contribution in [-0.2, 0) is 0 Å². The smallest absolute Gasteiger partial charge is 0.319 e. The number of ether oxygens (including phenoxy) is 2. The van der Waals surface area contributed by atoms with Crippen molar-refractivity contribution in [2.75, 3.05) is 44.8 Å². The van der Waals surface area contributed by atoms with Crippen molar-refractivity contribution in [2.45, 2.75) is 37.9 Å². The van der Waals surface area contributed by atoms with Gasteiger partial charge in [0, 0.05) is 32.5 Å². The van der Waals surface area contributed by atoms with Crippen molar-refractivity contribution in [1.29, 1.82) is 0 Å². The minimum Gasteiger partial charge on any atom is -0.477 e. The highest BCUT2D eigenvalue weighted by molar-refractivity contribution is 6.30. The van der Waals surface area contributed by atoms with E-state index in [2.05, 4.69) is 19.9 Å². The molecule has 0 radical (unpaired) electrons. The Balaban J connectivity index is 1.55. The van der Waals surface area contributed by atoms with Gasteiger partial charge < -0.3 is 14.4 Å². The Morgan fingerprint density at radius 3 is 2.97 bits per heavy atom. The number of nitrogens with zero attached hydrogens (tertiary/aromatic N) is 5. The van der Waals surface area contributed by atoms with Gasteiger partial charge in [0.15, 0.2) is 11.0 Å². The minimum absolute atomic E-state index is 0.0157. The molecule has 0 bridgehead atoms. The summed E-state index contributed by atoms with van der Waals surface area (Å²) >= 11 is 6.01. The lowest BCUT2D eigenvalue weighted by Crippen LogP contribution is -2.43. The van der Waals surface area contributed by atoms with Gasteiger partial charge in [-0.2, -0.15) is 15.0 Å². The molecule has 1 unspecified atom stereocenters. The van der Waals surface area contributed by atoms with Gasteiger partial charge in [0.1, 0.15) is 29.5 Å². The Hall–Kier alpha value is -2.00. The summed E-state index contributed by atoms with van der Waals surface area (Å²) in [4.78, 5) is 17.0. The fourth-order valence-electron chi connectivity index (χ4n) is 5.00. The average Bonchev–Trinajstić information content (AvgIpc) is 3.22. The first-order chi connectivity index (χ1) is 14.4. The largest absolute Gasteiger partial charge is 0.477 e. The van der Waals surface area contributed by atoms with Gasteiger partial charge in [0.05, 0.1) is 12.1 Å². The summed E-state index contributed by atoms with van der Waals surface area (Å²) in [5, 5.41) is 0.0737. The second-order valence-electron chi connectivity index (χ2n) is 8.74. The molecule has 10 heteroatoms. The third-order valence-corrected chi connectivity index (χ3v) is 6.60. The molecule has 0 amide bonds. The topological polar surface area (TPSA) is 63.6 Å². The Morgan fingerprint density at radius 1 is 1.30 bits per heavy atom. The second kappa shape index (κ2) is 7.30. The van der Waals surface area contributed by atoms with Gasteiger partial charge in [0.25, 0.3) is 0 Å². The van der Waals surface area contributed by atoms with Crippen LogP contribution in [0.1, 0.15) is 26.2 Å². The Bertz CT molecular complexity index is 996. The third kappa shape index (κ3) is 3.22. The van der Waals surface area contributed by atoms with E-state index < -0.39 is 12.0 Å². The van der Waals surface area contributed by atoms with E-state index in [0.29, 0.717) is 37.3 Å². The molecule has 2 saturated heterocycles. The predicted molar refractivity (Wildman–Crippen MR) is 109 cm³/mol. The molecule has 3 aliphatic heterocycles. The van der Waals surface area contributed by atoms with Crippen molar-refractivity contribution in [3.05, 3.63) is 11.0 Å². The highest BCUT2D eigenvalue weighted by Gasteiger charge is 2.49. The maximum absolute atomic E-state index is 14.9. The molecule has 3 atom stereocenters. The quantitative estimate of drug-likeness (QED) is 0.680. The summed E-state index contributed by atoms with van der Waals surface area (Å²) in [7, 11) is 1.88. The van der Waals surface area contributed by atoms with E-state index in [1.807, 2.05) is 18.9 Å². The number of alkyl halides is 1. The van der Waals surface area contributed by atoms with Gasteiger partial charge in [-0.1, -0.05) is 18.5 Å². The average molecular weight is 440 g/mol. The van der Waals surface area contributed by atoms with Crippen molar-refractivity contribution in [3.63, 3.8) is 0 Å². The lowest BCUT2D eigenvalue weighted by molar-refractivity contribution is 0.107. The van der Waals surface area contributed by atoms with Crippen LogP contribution < -0.4 is 14.4 Å². The van der Waals surface area contributed by atoms with E-state index in [4.69, 9.17) is 21.1 Å². The lowest BCUT2D eigenvalue weighted by Gasteiger charge is -2.31. The molecule has 2 fully saturated rings. The summed E-state index contributed by atoms with van der Waals surface area (Å²) in [6.07, 6.45) is 1.46. The van der Waals surface area contributed by atoms with E-state index >= 15 is 0 Å². The minimum atomic E-state index is -0.852. The third-order valence-electron chi connectivity index (χ3n) is 6.35. The standard InChI is InChI=1S/C20H24ClF2N5O2/c1-11-7-27(2)17-13-15(14(23)16(21)25-18(13)29-9-11)24-19(26-17)30-10-20-4-3-5-28(20)8-12(22)6-20/h11-12H,3-10H2,1-2H3/t11?,12-,20+/m1/s1. The molecular formula is C20H24ClF2N5O2. The molecule has 7 nitrogen and oxygen atoms in total. The summed E-state index contributed by atoms with van der Waals surface area (Å²) < 4.78 is 40.7. The molecule has 0 aromatic carbocycles. The summed E-state index contributed by atoms with van der Waals surface area (Å²) in [5.74, 6) is 0.164. The van der Waals surface area contributed by atoms with Crippen molar-refractivity contribution in [1.82, 2.24) is 19.9 Å². The zero-order chi connectivity index (χ0) is 21.0. The van der Waals surface area contributed by atoms with E-state index in [-0.39, 0.29) is 40.6 Å². The van der Waals surface area contributed by atoms with Crippen LogP contribution in [0, 0.1) is 11.7 Å². The molecule has 2 aromatic heterocycles. The van der Waals surface area contributed by atoms with Crippen LogP contribution in [0.3, 0.4) is 0 Å². The molecule has 5 heterocycles. The number of hydrogen-bond acceptors (Lipinski definition) is 7. The molecule has 0 spiro atoms. The van der Waals surface area contributed by atoms with E-state index in [9.17, 15) is 8.78 Å². The maximum atomic E-state index is 14.9. The van der Waals surface area contributed by atoms with E-state index in [1.54, 1.807) is 0 Å². The van der Waals surface area contributed by atoms with Crippen LogP contribution in [0.4, 0.5) is 14.6 Å². The zero-order valence-electron chi connectivity index (χ0n) is 17.0. The summed E-state index contributed by atoms with van der Waals surface area (Å²) in [6, 6.07) is 0.0493. The Kier molecular flexibility index (Phi) is 4.85. The molecule has 0 aliphatic carbocycles. The van der Waals surface area contributed by atoms with E-state index in [1.165, 1.54) is 0 Å². The zero-order valence-corrected chi connectivity index (χ0v) is 17.8. The molecule has 162 valence electrons. The molecule has 30 heavy (non-hydrogen) atoms. The summed E-state index contributed by atoms with van der Waals surface area (Å²) in [5.41, 5.74) is -0.325. The SMILES string of the molecule is CC1COc2nc(Cl)c(F)c3nc(OC[C@@]45CCCN4C[C@H](F)C5)nc(c23)N(C)C1. The number of pyridine rings is 1.